The topological polar surface area (TPSA) is 30.5 Å². The van der Waals surface area contributed by atoms with E-state index in [1.54, 1.807) is 6.26 Å². The molecule has 0 saturated heterocycles. The second kappa shape index (κ2) is 2.45. The molecule has 0 bridgehead atoms. The molecule has 1 aliphatic heterocycles. The lowest BCUT2D eigenvalue weighted by atomic mass is 10.7. The molecule has 0 fully saturated rings. The fourth-order valence-corrected chi connectivity index (χ4v) is 0.508. The maximum Gasteiger partial charge on any atom is 0.232 e. The summed E-state index contributed by atoms with van der Waals surface area (Å²) >= 11 is 0. The predicted octanol–water partition coefficient (Wildman–Crippen LogP) is 0.399. The van der Waals surface area contributed by atoms with Crippen LogP contribution in [0.1, 0.15) is 6.92 Å². The van der Waals surface area contributed by atoms with Crippen LogP contribution in [0.25, 0.3) is 0 Å². The van der Waals surface area contributed by atoms with E-state index in [0.717, 1.165) is 12.4 Å². The molecule has 1 rings (SSSR count). The maximum absolute atomic E-state index is 4.92. The molecule has 1 aliphatic rings. The van der Waals surface area contributed by atoms with E-state index in [-0.39, 0.29) is 0 Å². The van der Waals surface area contributed by atoms with Crippen molar-refractivity contribution >= 4 is 0 Å². The molecule has 1 heterocycles. The molecule has 1 N–H and O–H groups in total. The third kappa shape index (κ3) is 1.05. The normalized spacial score (nSPS) is 16.4. The molecular weight excluding hydrogens is 106 g/mol. The first-order valence-corrected chi connectivity index (χ1v) is 2.62. The Labute approximate surface area is 48.3 Å². The van der Waals surface area contributed by atoms with Gasteiger partial charge >= 0.3 is 0 Å². The highest BCUT2D eigenvalue weighted by atomic mass is 16.7. The molecule has 0 aromatic rings. The third-order valence-electron chi connectivity index (χ3n) is 0.824. The van der Waals surface area contributed by atoms with Gasteiger partial charge in [-0.25, -0.2) is 0 Å². The SMILES string of the molecule is CCNC1=COCO1. The van der Waals surface area contributed by atoms with Crippen molar-refractivity contribution in [2.45, 2.75) is 6.92 Å². The highest BCUT2D eigenvalue weighted by molar-refractivity contribution is 4.86. The first-order chi connectivity index (χ1) is 3.93. The third-order valence-corrected chi connectivity index (χ3v) is 0.824. The summed E-state index contributed by atoms with van der Waals surface area (Å²) in [6.07, 6.45) is 1.57. The van der Waals surface area contributed by atoms with Crippen LogP contribution >= 0.6 is 0 Å². The average Bonchev–Trinajstić information content (AvgIpc) is 2.19. The van der Waals surface area contributed by atoms with Gasteiger partial charge in [0.05, 0.1) is 0 Å². The summed E-state index contributed by atoms with van der Waals surface area (Å²) in [6, 6.07) is 0. The lowest BCUT2D eigenvalue weighted by molar-refractivity contribution is 0.0748. The van der Waals surface area contributed by atoms with Gasteiger partial charge in [-0.15, -0.1) is 0 Å². The molecule has 0 aromatic carbocycles. The van der Waals surface area contributed by atoms with Gasteiger partial charge in [-0.05, 0) is 6.92 Å². The van der Waals surface area contributed by atoms with Gasteiger partial charge < -0.3 is 14.8 Å². The summed E-state index contributed by atoms with van der Waals surface area (Å²) < 4.78 is 9.68. The Balaban J connectivity index is 2.23. The summed E-state index contributed by atoms with van der Waals surface area (Å²) in [7, 11) is 0. The van der Waals surface area contributed by atoms with Crippen LogP contribution in [0, 0.1) is 0 Å². The van der Waals surface area contributed by atoms with E-state index in [0.29, 0.717) is 6.79 Å². The Morgan fingerprint density at radius 1 is 1.88 bits per heavy atom. The minimum atomic E-state index is 0.350. The van der Waals surface area contributed by atoms with Gasteiger partial charge in [0, 0.05) is 6.54 Å². The Morgan fingerprint density at radius 3 is 3.25 bits per heavy atom. The van der Waals surface area contributed by atoms with Crippen LogP contribution in [0.15, 0.2) is 12.1 Å². The molecule has 0 unspecified atom stereocenters. The quantitative estimate of drug-likeness (QED) is 0.565. The highest BCUT2D eigenvalue weighted by Crippen LogP contribution is 2.00. The zero-order valence-corrected chi connectivity index (χ0v) is 4.81. The number of rotatable bonds is 2. The van der Waals surface area contributed by atoms with Crippen molar-refractivity contribution < 1.29 is 9.47 Å². The van der Waals surface area contributed by atoms with Crippen molar-refractivity contribution in [3.8, 4) is 0 Å². The molecule has 0 aliphatic carbocycles. The Morgan fingerprint density at radius 2 is 2.75 bits per heavy atom. The van der Waals surface area contributed by atoms with Crippen LogP contribution in [-0.4, -0.2) is 13.3 Å². The molecule has 0 atom stereocenters. The summed E-state index contributed by atoms with van der Waals surface area (Å²) in [5.74, 6) is 0.729. The van der Waals surface area contributed by atoms with E-state index in [2.05, 4.69) is 5.32 Å². The molecule has 3 heteroatoms. The average molecular weight is 115 g/mol. The van der Waals surface area contributed by atoms with Gasteiger partial charge in [-0.2, -0.15) is 0 Å². The second-order valence-corrected chi connectivity index (χ2v) is 1.44. The molecule has 0 spiro atoms. The zero-order chi connectivity index (χ0) is 5.82. The molecule has 0 radical (unpaired) electrons. The smallest absolute Gasteiger partial charge is 0.232 e. The van der Waals surface area contributed by atoms with Crippen molar-refractivity contribution in [1.82, 2.24) is 5.32 Å². The maximum atomic E-state index is 4.92. The van der Waals surface area contributed by atoms with Crippen LogP contribution < -0.4 is 5.32 Å². The summed E-state index contributed by atoms with van der Waals surface area (Å²) in [5, 5.41) is 2.96. The van der Waals surface area contributed by atoms with E-state index < -0.39 is 0 Å². The monoisotopic (exact) mass is 115 g/mol. The fourth-order valence-electron chi connectivity index (χ4n) is 0.508. The van der Waals surface area contributed by atoms with Crippen LogP contribution in [0.3, 0.4) is 0 Å². The number of hydrogen-bond acceptors (Lipinski definition) is 3. The van der Waals surface area contributed by atoms with Crippen molar-refractivity contribution in [3.63, 3.8) is 0 Å². The van der Waals surface area contributed by atoms with Crippen molar-refractivity contribution in [2.24, 2.45) is 0 Å². The largest absolute Gasteiger partial charge is 0.459 e. The number of ether oxygens (including phenoxy) is 2. The van der Waals surface area contributed by atoms with E-state index >= 15 is 0 Å². The van der Waals surface area contributed by atoms with Gasteiger partial charge in [0.25, 0.3) is 0 Å². The molecule has 3 nitrogen and oxygen atoms in total. The van der Waals surface area contributed by atoms with Crippen LogP contribution in [0.4, 0.5) is 0 Å². The summed E-state index contributed by atoms with van der Waals surface area (Å²) in [6.45, 7) is 3.22. The van der Waals surface area contributed by atoms with E-state index in [1.807, 2.05) is 6.92 Å². The molecule has 46 valence electrons. The van der Waals surface area contributed by atoms with Crippen molar-refractivity contribution in [1.29, 1.82) is 0 Å². The van der Waals surface area contributed by atoms with Crippen LogP contribution in [-0.2, 0) is 9.47 Å². The standard InChI is InChI=1S/C5H9NO2/c1-2-6-5-3-7-4-8-5/h3,6H,2,4H2,1H3. The molecule has 8 heavy (non-hydrogen) atoms. The van der Waals surface area contributed by atoms with Gasteiger partial charge in [0.1, 0.15) is 6.26 Å². The van der Waals surface area contributed by atoms with Crippen LogP contribution in [0.2, 0.25) is 0 Å². The van der Waals surface area contributed by atoms with Gasteiger partial charge in [0.15, 0.2) is 0 Å². The highest BCUT2D eigenvalue weighted by Gasteiger charge is 2.01. The predicted molar refractivity (Wildman–Crippen MR) is 28.8 cm³/mol. The van der Waals surface area contributed by atoms with E-state index in [4.69, 9.17) is 9.47 Å². The van der Waals surface area contributed by atoms with Gasteiger partial charge in [0.2, 0.25) is 12.7 Å². The van der Waals surface area contributed by atoms with Crippen molar-refractivity contribution in [2.75, 3.05) is 13.3 Å². The lowest BCUT2D eigenvalue weighted by Gasteiger charge is -1.98. The zero-order valence-electron chi connectivity index (χ0n) is 4.81. The summed E-state index contributed by atoms with van der Waals surface area (Å²) in [5.41, 5.74) is 0. The first-order valence-electron chi connectivity index (χ1n) is 2.62. The van der Waals surface area contributed by atoms with E-state index in [9.17, 15) is 0 Å². The van der Waals surface area contributed by atoms with E-state index in [1.165, 1.54) is 0 Å². The fraction of sp³-hybridized carbons (Fsp3) is 0.600. The minimum Gasteiger partial charge on any atom is -0.459 e. The molecular formula is C5H9NO2. The van der Waals surface area contributed by atoms with Crippen molar-refractivity contribution in [3.05, 3.63) is 12.1 Å². The Bertz CT molecular complexity index is 101. The number of hydrogen-bond donors (Lipinski definition) is 1. The minimum absolute atomic E-state index is 0.350. The second-order valence-electron chi connectivity index (χ2n) is 1.44. The number of nitrogens with one attached hydrogen (secondary N) is 1. The first kappa shape index (κ1) is 5.28. The Hall–Kier alpha value is -0.860. The summed E-state index contributed by atoms with van der Waals surface area (Å²) in [4.78, 5) is 0. The van der Waals surface area contributed by atoms with Gasteiger partial charge in [-0.3, -0.25) is 0 Å². The molecule has 0 saturated carbocycles. The molecule has 0 amide bonds. The Kier molecular flexibility index (Phi) is 1.62. The van der Waals surface area contributed by atoms with Crippen LogP contribution in [0.5, 0.6) is 0 Å². The van der Waals surface area contributed by atoms with Gasteiger partial charge in [-0.1, -0.05) is 0 Å². The molecule has 0 aromatic heterocycles. The lowest BCUT2D eigenvalue weighted by Crippen LogP contribution is -2.11.